The Morgan fingerprint density at radius 1 is 0.235 bits per heavy atom. The highest BCUT2D eigenvalue weighted by atomic mass is 15.3. The highest BCUT2D eigenvalue weighted by Crippen LogP contribution is 2.20. The van der Waals surface area contributed by atoms with Crippen molar-refractivity contribution < 1.29 is 4.48 Å². The summed E-state index contributed by atoms with van der Waals surface area (Å²) in [5.41, 5.74) is 0. The fourth-order valence-corrected chi connectivity index (χ4v) is 5.76. The van der Waals surface area contributed by atoms with Gasteiger partial charge in [-0.1, -0.05) is 137 Å². The lowest BCUT2D eigenvalue weighted by Gasteiger charge is -2.40. The van der Waals surface area contributed by atoms with Gasteiger partial charge in [0, 0.05) is 0 Å². The van der Waals surface area contributed by atoms with Gasteiger partial charge in [-0.2, -0.15) is 0 Å². The zero-order valence-corrected chi connectivity index (χ0v) is 25.0. The molecule has 0 radical (unpaired) electrons. The second-order valence-corrected chi connectivity index (χ2v) is 11.7. The van der Waals surface area contributed by atoms with Crippen LogP contribution in [0.1, 0.15) is 188 Å². The molecule has 0 bridgehead atoms. The molecule has 34 heavy (non-hydrogen) atoms. The molecule has 206 valence electrons. The van der Waals surface area contributed by atoms with Gasteiger partial charge in [0.25, 0.3) is 0 Å². The zero-order chi connectivity index (χ0) is 25.0. The molecule has 0 fully saturated rings. The summed E-state index contributed by atoms with van der Waals surface area (Å²) in [6.07, 6.45) is 36.3. The van der Waals surface area contributed by atoms with Crippen molar-refractivity contribution in [3.63, 3.8) is 0 Å². The Morgan fingerprint density at radius 3 is 0.618 bits per heavy atom. The van der Waals surface area contributed by atoms with E-state index in [0.717, 1.165) is 0 Å². The van der Waals surface area contributed by atoms with Crippen molar-refractivity contribution in [2.75, 3.05) is 26.2 Å². The maximum atomic E-state index is 2.34. The van der Waals surface area contributed by atoms with Crippen molar-refractivity contribution >= 4 is 0 Å². The summed E-state index contributed by atoms with van der Waals surface area (Å²) in [4.78, 5) is 0. The number of hydrogen-bond donors (Lipinski definition) is 0. The maximum Gasteiger partial charge on any atom is 0.0786 e. The first-order valence-electron chi connectivity index (χ1n) is 16.6. The highest BCUT2D eigenvalue weighted by molar-refractivity contribution is 4.55. The van der Waals surface area contributed by atoms with Gasteiger partial charge in [-0.05, 0) is 51.4 Å². The molecule has 0 rings (SSSR count). The largest absolute Gasteiger partial charge is 0.324 e. The predicted molar refractivity (Wildman–Crippen MR) is 158 cm³/mol. The van der Waals surface area contributed by atoms with E-state index in [1.807, 2.05) is 0 Å². The summed E-state index contributed by atoms with van der Waals surface area (Å²) >= 11 is 0. The predicted octanol–water partition coefficient (Wildman–Crippen LogP) is 11.6. The minimum absolute atomic E-state index is 1.37. The van der Waals surface area contributed by atoms with Crippen molar-refractivity contribution in [3.05, 3.63) is 0 Å². The van der Waals surface area contributed by atoms with Crippen LogP contribution in [0.2, 0.25) is 0 Å². The third kappa shape index (κ3) is 22.4. The third-order valence-corrected chi connectivity index (χ3v) is 8.19. The molecule has 0 amide bonds. The Balaban J connectivity index is 4.74. The normalized spacial score (nSPS) is 12.0. The quantitative estimate of drug-likeness (QED) is 0.0737. The highest BCUT2D eigenvalue weighted by Gasteiger charge is 2.25. The van der Waals surface area contributed by atoms with E-state index in [-0.39, 0.29) is 0 Å². The van der Waals surface area contributed by atoms with Crippen molar-refractivity contribution in [2.45, 2.75) is 188 Å². The smallest absolute Gasteiger partial charge is 0.0786 e. The van der Waals surface area contributed by atoms with Crippen LogP contribution >= 0.6 is 0 Å². The number of hydrogen-bond acceptors (Lipinski definition) is 0. The molecule has 0 saturated heterocycles. The zero-order valence-electron chi connectivity index (χ0n) is 25.0. The molecule has 0 aromatic heterocycles. The van der Waals surface area contributed by atoms with Crippen molar-refractivity contribution in [3.8, 4) is 0 Å². The lowest BCUT2D eigenvalue weighted by atomic mass is 10.0. The summed E-state index contributed by atoms with van der Waals surface area (Å²) < 4.78 is 1.48. The van der Waals surface area contributed by atoms with E-state index < -0.39 is 0 Å². The molecule has 0 aromatic carbocycles. The van der Waals surface area contributed by atoms with Crippen LogP contribution in [0.5, 0.6) is 0 Å². The molecule has 0 unspecified atom stereocenters. The fraction of sp³-hybridized carbons (Fsp3) is 1.00. The number of unbranched alkanes of at least 4 members (excludes halogenated alkanes) is 21. The minimum atomic E-state index is 1.37. The van der Waals surface area contributed by atoms with E-state index in [0.29, 0.717) is 0 Å². The lowest BCUT2D eigenvalue weighted by molar-refractivity contribution is -0.929. The molecular formula is C33H70N+. The Hall–Kier alpha value is -0.0400. The maximum absolute atomic E-state index is 2.34. The molecule has 0 saturated carbocycles. The Bertz CT molecular complexity index is 323. The molecule has 1 heteroatoms. The SMILES string of the molecule is CCCCCCCCC[N+](CCCCCCCC)(CCCCCCCC)CCCCCCCC. The first-order valence-corrected chi connectivity index (χ1v) is 16.6. The molecule has 0 heterocycles. The first kappa shape index (κ1) is 34.0. The standard InChI is InChI=1S/C33H70N/c1-5-9-13-17-21-25-29-33-34(30-26-22-18-14-10-6-2,31-27-23-19-15-11-7-3)32-28-24-20-16-12-8-4/h5-33H2,1-4H3/q+1. The summed E-state index contributed by atoms with van der Waals surface area (Å²) in [6.45, 7) is 15.3. The van der Waals surface area contributed by atoms with Crippen LogP contribution in [0.15, 0.2) is 0 Å². The van der Waals surface area contributed by atoms with Crippen LogP contribution in [-0.2, 0) is 0 Å². The molecule has 0 spiro atoms. The van der Waals surface area contributed by atoms with Gasteiger partial charge in [0.1, 0.15) is 0 Å². The Labute approximate surface area is 218 Å². The monoisotopic (exact) mass is 481 g/mol. The van der Waals surface area contributed by atoms with Gasteiger partial charge in [0.05, 0.1) is 26.2 Å². The van der Waals surface area contributed by atoms with E-state index in [9.17, 15) is 0 Å². The van der Waals surface area contributed by atoms with E-state index >= 15 is 0 Å². The summed E-state index contributed by atoms with van der Waals surface area (Å²) in [6, 6.07) is 0. The summed E-state index contributed by atoms with van der Waals surface area (Å²) in [7, 11) is 0. The Kier molecular flexibility index (Phi) is 27.5. The lowest BCUT2D eigenvalue weighted by Crippen LogP contribution is -2.50. The molecule has 0 aromatic rings. The molecule has 0 aliphatic carbocycles. The topological polar surface area (TPSA) is 0 Å². The second kappa shape index (κ2) is 27.5. The van der Waals surface area contributed by atoms with E-state index in [4.69, 9.17) is 0 Å². The van der Waals surface area contributed by atoms with Crippen LogP contribution in [0.3, 0.4) is 0 Å². The van der Waals surface area contributed by atoms with Gasteiger partial charge in [0.15, 0.2) is 0 Å². The van der Waals surface area contributed by atoms with Crippen molar-refractivity contribution in [1.82, 2.24) is 0 Å². The van der Waals surface area contributed by atoms with Crippen molar-refractivity contribution in [1.29, 1.82) is 0 Å². The van der Waals surface area contributed by atoms with Gasteiger partial charge in [-0.15, -0.1) is 0 Å². The molecular weight excluding hydrogens is 410 g/mol. The van der Waals surface area contributed by atoms with Gasteiger partial charge in [-0.3, -0.25) is 0 Å². The molecule has 0 aliphatic heterocycles. The van der Waals surface area contributed by atoms with Crippen LogP contribution < -0.4 is 0 Å². The Morgan fingerprint density at radius 2 is 0.412 bits per heavy atom. The number of nitrogens with zero attached hydrogens (tertiary/aromatic N) is 1. The molecule has 1 nitrogen and oxygen atoms in total. The summed E-state index contributed by atoms with van der Waals surface area (Å²) in [5, 5.41) is 0. The van der Waals surface area contributed by atoms with Crippen LogP contribution in [0, 0.1) is 0 Å². The third-order valence-electron chi connectivity index (χ3n) is 8.19. The number of quaternary nitrogens is 1. The van der Waals surface area contributed by atoms with Gasteiger partial charge >= 0.3 is 0 Å². The van der Waals surface area contributed by atoms with Crippen molar-refractivity contribution in [2.24, 2.45) is 0 Å². The number of rotatable bonds is 29. The summed E-state index contributed by atoms with van der Waals surface area (Å²) in [5.74, 6) is 0. The van der Waals surface area contributed by atoms with Gasteiger partial charge in [0.2, 0.25) is 0 Å². The fourth-order valence-electron chi connectivity index (χ4n) is 5.76. The molecule has 0 atom stereocenters. The van der Waals surface area contributed by atoms with E-state index in [1.54, 1.807) is 0 Å². The van der Waals surface area contributed by atoms with Crippen LogP contribution in [-0.4, -0.2) is 30.7 Å². The van der Waals surface area contributed by atoms with Gasteiger partial charge < -0.3 is 4.48 Å². The minimum Gasteiger partial charge on any atom is -0.324 e. The first-order chi connectivity index (χ1) is 16.7. The van der Waals surface area contributed by atoms with Crippen LogP contribution in [0.4, 0.5) is 0 Å². The van der Waals surface area contributed by atoms with Crippen LogP contribution in [0.25, 0.3) is 0 Å². The molecule has 0 N–H and O–H groups in total. The van der Waals surface area contributed by atoms with E-state index in [2.05, 4.69) is 27.7 Å². The average molecular weight is 481 g/mol. The molecule has 0 aliphatic rings. The second-order valence-electron chi connectivity index (χ2n) is 11.7. The van der Waals surface area contributed by atoms with E-state index in [1.165, 1.54) is 191 Å². The average Bonchev–Trinajstić information content (AvgIpc) is 2.85. The van der Waals surface area contributed by atoms with Gasteiger partial charge in [-0.25, -0.2) is 0 Å².